The number of carboxylic acid groups (broad SMARTS) is 1. The minimum absolute atomic E-state index is 0.376. The third-order valence-corrected chi connectivity index (χ3v) is 4.00. The molecular formula is C15H12ClF4N3O5. The van der Waals surface area contributed by atoms with E-state index in [1.165, 1.54) is 0 Å². The van der Waals surface area contributed by atoms with Crippen molar-refractivity contribution < 1.29 is 37.1 Å². The molecule has 2 aromatic rings. The van der Waals surface area contributed by atoms with Crippen LogP contribution < -0.4 is 4.74 Å². The predicted octanol–water partition coefficient (Wildman–Crippen LogP) is 4.05. The van der Waals surface area contributed by atoms with E-state index in [-0.39, 0.29) is 0 Å². The highest BCUT2D eigenvalue weighted by molar-refractivity contribution is 6.33. The first-order chi connectivity index (χ1) is 12.7. The number of rotatable bonds is 5. The number of benzene rings is 1. The molecule has 0 saturated carbocycles. The van der Waals surface area contributed by atoms with E-state index in [0.29, 0.717) is 16.8 Å². The Kier molecular flexibility index (Phi) is 5.30. The second-order valence-electron chi connectivity index (χ2n) is 6.11. The number of aromatic nitrogens is 2. The van der Waals surface area contributed by atoms with Crippen molar-refractivity contribution in [3.63, 3.8) is 0 Å². The molecule has 1 aromatic carbocycles. The molecule has 8 nitrogen and oxygen atoms in total. The quantitative estimate of drug-likeness (QED) is 0.440. The van der Waals surface area contributed by atoms with Crippen LogP contribution in [-0.2, 0) is 18.0 Å². The minimum atomic E-state index is -4.89. The lowest BCUT2D eigenvalue weighted by Crippen LogP contribution is -2.38. The number of halogens is 5. The summed E-state index contributed by atoms with van der Waals surface area (Å²) in [7, 11) is 0.928. The van der Waals surface area contributed by atoms with Gasteiger partial charge in [0.05, 0.1) is 9.95 Å². The third-order valence-electron chi connectivity index (χ3n) is 3.64. The zero-order valence-corrected chi connectivity index (χ0v) is 15.2. The minimum Gasteiger partial charge on any atom is -0.478 e. The lowest BCUT2D eigenvalue weighted by molar-refractivity contribution is -0.386. The molecule has 0 amide bonds. The number of aliphatic carboxylic acids is 1. The number of nitro groups is 1. The fraction of sp³-hybridized carbons (Fsp3) is 0.333. The van der Waals surface area contributed by atoms with Crippen LogP contribution in [0.3, 0.4) is 0 Å². The summed E-state index contributed by atoms with van der Waals surface area (Å²) in [6.07, 6.45) is -4.89. The Bertz CT molecular complexity index is 972. The summed E-state index contributed by atoms with van der Waals surface area (Å²) in [5.41, 5.74) is -5.52. The van der Waals surface area contributed by atoms with Gasteiger partial charge in [0.2, 0.25) is 5.75 Å². The van der Waals surface area contributed by atoms with Gasteiger partial charge in [-0.2, -0.15) is 18.3 Å². The molecule has 1 aromatic heterocycles. The number of nitro benzene ring substituents is 1. The first-order valence-corrected chi connectivity index (χ1v) is 7.75. The number of carbonyl (C=O) groups is 1. The van der Waals surface area contributed by atoms with Crippen LogP contribution >= 0.6 is 11.6 Å². The van der Waals surface area contributed by atoms with E-state index in [1.54, 1.807) is 0 Å². The molecular weight excluding hydrogens is 414 g/mol. The van der Waals surface area contributed by atoms with E-state index >= 15 is 0 Å². The van der Waals surface area contributed by atoms with Crippen molar-refractivity contribution in [2.75, 3.05) is 0 Å². The van der Waals surface area contributed by atoms with Crippen LogP contribution in [0, 0.1) is 15.9 Å². The highest BCUT2D eigenvalue weighted by atomic mass is 35.5. The van der Waals surface area contributed by atoms with Crippen molar-refractivity contribution in [1.29, 1.82) is 0 Å². The molecule has 0 unspecified atom stereocenters. The Morgan fingerprint density at radius 3 is 2.36 bits per heavy atom. The average molecular weight is 426 g/mol. The molecule has 0 radical (unpaired) electrons. The van der Waals surface area contributed by atoms with Gasteiger partial charge in [0.1, 0.15) is 11.5 Å². The number of carboxylic acids is 1. The molecule has 1 heterocycles. The van der Waals surface area contributed by atoms with Gasteiger partial charge in [-0.25, -0.2) is 9.18 Å². The van der Waals surface area contributed by atoms with Crippen molar-refractivity contribution in [2.45, 2.75) is 25.6 Å². The predicted molar refractivity (Wildman–Crippen MR) is 87.6 cm³/mol. The van der Waals surface area contributed by atoms with Crippen molar-refractivity contribution in [1.82, 2.24) is 9.78 Å². The number of nitrogens with zero attached hydrogens (tertiary/aromatic N) is 3. The molecule has 2 rings (SSSR count). The van der Waals surface area contributed by atoms with Crippen LogP contribution in [0.1, 0.15) is 19.5 Å². The molecule has 13 heteroatoms. The maximum absolute atomic E-state index is 14.5. The van der Waals surface area contributed by atoms with Crippen LogP contribution in [-0.4, -0.2) is 31.4 Å². The SMILES string of the molecule is Cn1nc(-c2cc([N+](=O)[O-])c(OC(C)(C)C(=O)O)cc2F)c(Cl)c1C(F)(F)F. The maximum atomic E-state index is 14.5. The number of hydrogen-bond donors (Lipinski definition) is 1. The normalized spacial score (nSPS) is 12.1. The van der Waals surface area contributed by atoms with Gasteiger partial charge < -0.3 is 9.84 Å². The van der Waals surface area contributed by atoms with Crippen LogP contribution in [0.4, 0.5) is 23.2 Å². The van der Waals surface area contributed by atoms with Gasteiger partial charge in [0.15, 0.2) is 11.3 Å². The number of alkyl halides is 3. The summed E-state index contributed by atoms with van der Waals surface area (Å²) >= 11 is 5.69. The highest BCUT2D eigenvalue weighted by Crippen LogP contribution is 2.42. The lowest BCUT2D eigenvalue weighted by Gasteiger charge is -2.21. The highest BCUT2D eigenvalue weighted by Gasteiger charge is 2.40. The van der Waals surface area contributed by atoms with Crippen molar-refractivity contribution in [3.05, 3.63) is 38.8 Å². The monoisotopic (exact) mass is 425 g/mol. The van der Waals surface area contributed by atoms with Gasteiger partial charge in [0, 0.05) is 24.7 Å². The van der Waals surface area contributed by atoms with Crippen molar-refractivity contribution in [3.8, 4) is 17.0 Å². The van der Waals surface area contributed by atoms with Crippen LogP contribution in [0.25, 0.3) is 11.3 Å². The Labute approximate surface area is 159 Å². The third kappa shape index (κ3) is 3.86. The Balaban J connectivity index is 2.68. The molecule has 0 bridgehead atoms. The molecule has 0 saturated heterocycles. The number of hydrogen-bond acceptors (Lipinski definition) is 5. The number of aryl methyl sites for hydroxylation is 1. The topological polar surface area (TPSA) is 107 Å². The van der Waals surface area contributed by atoms with Gasteiger partial charge in [0.25, 0.3) is 0 Å². The molecule has 28 heavy (non-hydrogen) atoms. The zero-order chi connectivity index (χ0) is 21.6. The van der Waals surface area contributed by atoms with Crippen LogP contribution in [0.2, 0.25) is 5.02 Å². The number of ether oxygens (including phenoxy) is 1. The van der Waals surface area contributed by atoms with Crippen LogP contribution in [0.15, 0.2) is 12.1 Å². The Morgan fingerprint density at radius 2 is 1.93 bits per heavy atom. The first-order valence-electron chi connectivity index (χ1n) is 7.37. The average Bonchev–Trinajstić information content (AvgIpc) is 2.80. The second-order valence-corrected chi connectivity index (χ2v) is 6.48. The van der Waals surface area contributed by atoms with E-state index in [9.17, 15) is 32.5 Å². The van der Waals surface area contributed by atoms with Crippen LogP contribution in [0.5, 0.6) is 5.75 Å². The van der Waals surface area contributed by atoms with Gasteiger partial charge >= 0.3 is 17.8 Å². The van der Waals surface area contributed by atoms with E-state index in [1.807, 2.05) is 0 Å². The summed E-state index contributed by atoms with van der Waals surface area (Å²) in [5.74, 6) is -3.44. The van der Waals surface area contributed by atoms with E-state index in [0.717, 1.165) is 20.9 Å². The van der Waals surface area contributed by atoms with Gasteiger partial charge in [-0.15, -0.1) is 0 Å². The summed E-state index contributed by atoms with van der Waals surface area (Å²) in [6.45, 7) is 2.16. The molecule has 0 aliphatic heterocycles. The van der Waals surface area contributed by atoms with Gasteiger partial charge in [-0.1, -0.05) is 11.6 Å². The van der Waals surface area contributed by atoms with Crippen molar-refractivity contribution >= 4 is 23.3 Å². The summed E-state index contributed by atoms with van der Waals surface area (Å²) in [4.78, 5) is 21.4. The maximum Gasteiger partial charge on any atom is 0.434 e. The fourth-order valence-electron chi connectivity index (χ4n) is 2.25. The largest absolute Gasteiger partial charge is 0.478 e. The summed E-state index contributed by atoms with van der Waals surface area (Å²) in [6, 6.07) is 1.08. The standard InChI is InChI=1S/C15H12ClF4N3O5/c1-14(2,13(24)25)28-9-5-7(17)6(4-8(9)23(26)27)11-10(16)12(15(18,19)20)22(3)21-11/h4-5H,1-3H3,(H,24,25). The second kappa shape index (κ2) is 6.93. The molecule has 0 aliphatic carbocycles. The molecule has 0 fully saturated rings. The molecule has 152 valence electrons. The van der Waals surface area contributed by atoms with E-state index in [4.69, 9.17) is 21.4 Å². The lowest BCUT2D eigenvalue weighted by atomic mass is 10.1. The molecule has 0 atom stereocenters. The molecule has 0 aliphatic rings. The Morgan fingerprint density at radius 1 is 1.36 bits per heavy atom. The van der Waals surface area contributed by atoms with E-state index < -0.39 is 61.9 Å². The smallest absolute Gasteiger partial charge is 0.434 e. The van der Waals surface area contributed by atoms with Gasteiger partial charge in [-0.05, 0) is 13.8 Å². The zero-order valence-electron chi connectivity index (χ0n) is 14.5. The Hall–Kier alpha value is -2.89. The summed E-state index contributed by atoms with van der Waals surface area (Å²) in [5, 5.41) is 22.9. The van der Waals surface area contributed by atoms with Crippen molar-refractivity contribution in [2.24, 2.45) is 7.05 Å². The van der Waals surface area contributed by atoms with Gasteiger partial charge in [-0.3, -0.25) is 14.8 Å². The molecule has 0 spiro atoms. The fourth-order valence-corrected chi connectivity index (χ4v) is 2.62. The van der Waals surface area contributed by atoms with E-state index in [2.05, 4.69) is 5.10 Å². The molecule has 1 N–H and O–H groups in total. The first kappa shape index (κ1) is 21.4. The summed E-state index contributed by atoms with van der Waals surface area (Å²) < 4.78 is 59.1.